The molecule has 2 aromatic heterocycles. The summed E-state index contributed by atoms with van der Waals surface area (Å²) in [4.78, 5) is 14.2. The number of rotatable bonds is 4. The number of fused-ring (bicyclic) bond motifs is 1. The largest absolute Gasteiger partial charge is 0.340 e. The van der Waals surface area contributed by atoms with E-state index in [1.807, 2.05) is 60.7 Å². The van der Waals surface area contributed by atoms with Crippen LogP contribution in [0.4, 0.5) is 11.5 Å². The maximum atomic E-state index is 11.6. The van der Waals surface area contributed by atoms with Crippen LogP contribution in [0.5, 0.6) is 0 Å². The second kappa shape index (κ2) is 7.01. The highest BCUT2D eigenvalue weighted by atomic mass is 32.2. The zero-order valence-electron chi connectivity index (χ0n) is 14.1. The quantitative estimate of drug-likeness (QED) is 0.591. The van der Waals surface area contributed by atoms with Gasteiger partial charge in [-0.05, 0) is 48.5 Å². The van der Waals surface area contributed by atoms with E-state index in [4.69, 9.17) is 4.98 Å². The van der Waals surface area contributed by atoms with Gasteiger partial charge in [0.2, 0.25) is 0 Å². The highest BCUT2D eigenvalue weighted by molar-refractivity contribution is 7.84. The minimum absolute atomic E-state index is 0.639. The fourth-order valence-corrected chi connectivity index (χ4v) is 3.19. The Bertz CT molecular complexity index is 1080. The maximum absolute atomic E-state index is 11.6. The fourth-order valence-electron chi connectivity index (χ4n) is 2.67. The lowest BCUT2D eigenvalue weighted by Gasteiger charge is -2.11. The van der Waals surface area contributed by atoms with Gasteiger partial charge in [-0.1, -0.05) is 12.1 Å². The van der Waals surface area contributed by atoms with Crippen molar-refractivity contribution < 1.29 is 4.21 Å². The molecule has 26 heavy (non-hydrogen) atoms. The van der Waals surface area contributed by atoms with E-state index in [0.717, 1.165) is 32.9 Å². The Morgan fingerprint density at radius 1 is 0.885 bits per heavy atom. The Morgan fingerprint density at radius 3 is 2.35 bits per heavy atom. The van der Waals surface area contributed by atoms with Gasteiger partial charge in [-0.3, -0.25) is 9.19 Å². The predicted octanol–water partition coefficient (Wildman–Crippen LogP) is 4.17. The molecule has 0 saturated carbocycles. The monoisotopic (exact) mass is 360 g/mol. The third-order valence-corrected chi connectivity index (χ3v) is 4.93. The first-order valence-electron chi connectivity index (χ1n) is 8.08. The van der Waals surface area contributed by atoms with Gasteiger partial charge in [0, 0.05) is 51.0 Å². The lowest BCUT2D eigenvalue weighted by atomic mass is 10.2. The Morgan fingerprint density at radius 2 is 1.62 bits per heavy atom. The molecule has 6 heteroatoms. The van der Waals surface area contributed by atoms with Gasteiger partial charge in [0.05, 0.1) is 5.52 Å². The molecule has 2 aromatic carbocycles. The first-order valence-corrected chi connectivity index (χ1v) is 9.64. The molecule has 4 aromatic rings. The van der Waals surface area contributed by atoms with Crippen molar-refractivity contribution in [3.8, 4) is 11.4 Å². The van der Waals surface area contributed by atoms with Gasteiger partial charge < -0.3 is 5.32 Å². The van der Waals surface area contributed by atoms with Crippen molar-refractivity contribution in [3.63, 3.8) is 0 Å². The van der Waals surface area contributed by atoms with Gasteiger partial charge in [0.1, 0.15) is 5.82 Å². The van der Waals surface area contributed by atoms with Gasteiger partial charge in [0.15, 0.2) is 5.82 Å². The van der Waals surface area contributed by atoms with Crippen LogP contribution in [-0.4, -0.2) is 25.4 Å². The van der Waals surface area contributed by atoms with Gasteiger partial charge in [-0.2, -0.15) is 0 Å². The van der Waals surface area contributed by atoms with E-state index >= 15 is 0 Å². The number of aromatic nitrogens is 3. The van der Waals surface area contributed by atoms with Crippen LogP contribution >= 0.6 is 0 Å². The lowest BCUT2D eigenvalue weighted by Crippen LogP contribution is -1.99. The summed E-state index contributed by atoms with van der Waals surface area (Å²) in [6, 6.07) is 19.2. The number of nitrogens with zero attached hydrogens (tertiary/aromatic N) is 3. The summed E-state index contributed by atoms with van der Waals surface area (Å²) in [5.41, 5.74) is 2.65. The lowest BCUT2D eigenvalue weighted by molar-refractivity contribution is 0.687. The number of benzene rings is 2. The molecule has 1 atom stereocenters. The van der Waals surface area contributed by atoms with E-state index in [2.05, 4.69) is 15.3 Å². The van der Waals surface area contributed by atoms with E-state index in [-0.39, 0.29) is 0 Å². The molecule has 0 radical (unpaired) electrons. The summed E-state index contributed by atoms with van der Waals surface area (Å²) >= 11 is 0. The number of anilines is 2. The molecule has 2 heterocycles. The average molecular weight is 360 g/mol. The molecule has 1 unspecified atom stereocenters. The molecular formula is C20H16N4OS. The van der Waals surface area contributed by atoms with Crippen molar-refractivity contribution in [2.45, 2.75) is 4.90 Å². The molecule has 0 bridgehead atoms. The molecule has 0 amide bonds. The number of hydrogen-bond acceptors (Lipinski definition) is 5. The van der Waals surface area contributed by atoms with Crippen LogP contribution in [-0.2, 0) is 10.8 Å². The van der Waals surface area contributed by atoms with Crippen molar-refractivity contribution in [1.82, 2.24) is 15.0 Å². The molecule has 128 valence electrons. The summed E-state index contributed by atoms with van der Waals surface area (Å²) < 4.78 is 11.6. The van der Waals surface area contributed by atoms with E-state index in [9.17, 15) is 4.21 Å². The summed E-state index contributed by atoms with van der Waals surface area (Å²) in [6.45, 7) is 0. The van der Waals surface area contributed by atoms with Crippen LogP contribution < -0.4 is 5.32 Å². The van der Waals surface area contributed by atoms with E-state index in [0.29, 0.717) is 5.82 Å². The zero-order valence-corrected chi connectivity index (χ0v) is 14.9. The summed E-state index contributed by atoms with van der Waals surface area (Å²) in [5, 5.41) is 4.30. The van der Waals surface area contributed by atoms with Crippen LogP contribution in [0.3, 0.4) is 0 Å². The molecule has 4 rings (SSSR count). The Kier molecular flexibility index (Phi) is 4.41. The van der Waals surface area contributed by atoms with Crippen molar-refractivity contribution in [3.05, 3.63) is 73.1 Å². The number of hydrogen-bond donors (Lipinski definition) is 1. The maximum Gasteiger partial charge on any atom is 0.162 e. The van der Waals surface area contributed by atoms with E-state index in [1.54, 1.807) is 18.6 Å². The first-order chi connectivity index (χ1) is 12.7. The first kappa shape index (κ1) is 16.4. The van der Waals surface area contributed by atoms with Crippen molar-refractivity contribution in [2.24, 2.45) is 0 Å². The fraction of sp³-hybridized carbons (Fsp3) is 0.0500. The van der Waals surface area contributed by atoms with Crippen LogP contribution in [0, 0.1) is 0 Å². The summed E-state index contributed by atoms with van der Waals surface area (Å²) in [6.07, 6.45) is 5.12. The third kappa shape index (κ3) is 3.32. The van der Waals surface area contributed by atoms with Crippen molar-refractivity contribution >= 4 is 33.2 Å². The highest BCUT2D eigenvalue weighted by Gasteiger charge is 2.09. The van der Waals surface area contributed by atoms with Gasteiger partial charge in [0.25, 0.3) is 0 Å². The van der Waals surface area contributed by atoms with Crippen LogP contribution in [0.25, 0.3) is 22.3 Å². The normalized spacial score (nSPS) is 12.0. The Balaban J connectivity index is 1.79. The molecule has 0 aliphatic rings. The minimum atomic E-state index is -0.994. The van der Waals surface area contributed by atoms with E-state index < -0.39 is 10.8 Å². The predicted molar refractivity (Wildman–Crippen MR) is 105 cm³/mol. The molecule has 1 N–H and O–H groups in total. The molecule has 0 spiro atoms. The molecular weight excluding hydrogens is 344 g/mol. The molecule has 0 aliphatic carbocycles. The van der Waals surface area contributed by atoms with Crippen molar-refractivity contribution in [2.75, 3.05) is 11.6 Å². The Hall–Kier alpha value is -3.12. The third-order valence-electron chi connectivity index (χ3n) is 3.99. The second-order valence-electron chi connectivity index (χ2n) is 5.75. The van der Waals surface area contributed by atoms with Gasteiger partial charge >= 0.3 is 0 Å². The van der Waals surface area contributed by atoms with E-state index in [1.165, 1.54) is 0 Å². The number of pyridine rings is 1. The number of nitrogens with one attached hydrogen (secondary N) is 1. The smallest absolute Gasteiger partial charge is 0.162 e. The SMILES string of the molecule is CS(=O)c1ccc(Nc2nc(-c3ccncc3)nc3ccccc23)cc1. The molecule has 0 aliphatic heterocycles. The molecule has 0 saturated heterocycles. The standard InChI is InChI=1S/C20H16N4OS/c1-26(25)16-8-6-15(7-9-16)22-20-17-4-2-3-5-18(17)23-19(24-20)14-10-12-21-13-11-14/h2-13H,1H3,(H,22,23,24). The van der Waals surface area contributed by atoms with Crippen LogP contribution in [0.2, 0.25) is 0 Å². The van der Waals surface area contributed by atoms with Gasteiger partial charge in [-0.15, -0.1) is 0 Å². The second-order valence-corrected chi connectivity index (χ2v) is 7.13. The summed E-state index contributed by atoms with van der Waals surface area (Å²) in [7, 11) is -0.994. The zero-order chi connectivity index (χ0) is 17.9. The van der Waals surface area contributed by atoms with Gasteiger partial charge in [-0.25, -0.2) is 9.97 Å². The van der Waals surface area contributed by atoms with Crippen molar-refractivity contribution in [1.29, 1.82) is 0 Å². The topological polar surface area (TPSA) is 67.8 Å². The van der Waals surface area contributed by atoms with Crippen LogP contribution in [0.15, 0.2) is 78.0 Å². The molecule has 5 nitrogen and oxygen atoms in total. The molecule has 0 fully saturated rings. The Labute approximate surface area is 153 Å². The highest BCUT2D eigenvalue weighted by Crippen LogP contribution is 2.27. The minimum Gasteiger partial charge on any atom is -0.340 e. The van der Waals surface area contributed by atoms with Crippen LogP contribution in [0.1, 0.15) is 0 Å². The number of para-hydroxylation sites is 1. The summed E-state index contributed by atoms with van der Waals surface area (Å²) in [5.74, 6) is 1.37. The average Bonchev–Trinajstić information content (AvgIpc) is 2.69.